The number of ether oxygens (including phenoxy) is 3. The first-order valence-electron chi connectivity index (χ1n) is 21.1. The quantitative estimate of drug-likeness (QED) is 0.0597. The number of alkyl halides is 1. The Morgan fingerprint density at radius 2 is 1.90 bits per heavy atom. The highest BCUT2D eigenvalue weighted by Gasteiger charge is 2.43. The minimum absolute atomic E-state index is 0.0221. The van der Waals surface area contributed by atoms with E-state index in [4.69, 9.17) is 39.6 Å². The van der Waals surface area contributed by atoms with Gasteiger partial charge in [-0.15, -0.1) is 6.42 Å². The SMILES string of the molecule is C#Cc1c(F)ccc2cc(OP(=O)(N[C@@H](C)C(=O)OC(C)C)OC(C)C)cc([C@@H]3COc4c(nc(OC[C@]5(C)C[C@@H](F)CN5C)nc4NCC4(N(C)C(=O)C=C)CCCC4)C3)c12. The van der Waals surface area contributed by atoms with Gasteiger partial charge in [-0.3, -0.25) is 19.0 Å². The number of halogens is 2. The number of fused-ring (bicyclic) bond motifs is 2. The van der Waals surface area contributed by atoms with Crippen molar-refractivity contribution in [3.63, 3.8) is 0 Å². The van der Waals surface area contributed by atoms with Crippen LogP contribution in [0.2, 0.25) is 0 Å². The van der Waals surface area contributed by atoms with E-state index in [0.29, 0.717) is 40.1 Å². The fraction of sp³-hybridized carbons (Fsp3) is 0.556. The van der Waals surface area contributed by atoms with Gasteiger partial charge in [-0.05, 0) is 96.7 Å². The zero-order valence-corrected chi connectivity index (χ0v) is 37.8. The fourth-order valence-electron chi connectivity index (χ4n) is 8.59. The third-order valence-electron chi connectivity index (χ3n) is 12.0. The second-order valence-electron chi connectivity index (χ2n) is 17.5. The summed E-state index contributed by atoms with van der Waals surface area (Å²) < 4.78 is 74.4. The van der Waals surface area contributed by atoms with E-state index in [2.05, 4.69) is 22.9 Å². The second kappa shape index (κ2) is 18.9. The average Bonchev–Trinajstić information content (AvgIpc) is 3.80. The molecule has 1 aromatic heterocycles. The molecule has 3 aromatic rings. The van der Waals surface area contributed by atoms with Gasteiger partial charge in [-0.1, -0.05) is 31.4 Å². The third kappa shape index (κ3) is 10.2. The molecule has 17 heteroatoms. The van der Waals surface area contributed by atoms with Crippen molar-refractivity contribution in [1.29, 1.82) is 0 Å². The number of hydrogen-bond donors (Lipinski definition) is 2. The van der Waals surface area contributed by atoms with Gasteiger partial charge in [0.2, 0.25) is 5.91 Å². The number of esters is 1. The topological polar surface area (TPSA) is 154 Å². The number of benzene rings is 2. The molecule has 6 rings (SSSR count). The van der Waals surface area contributed by atoms with Crippen LogP contribution in [-0.4, -0.2) is 108 Å². The predicted octanol–water partition coefficient (Wildman–Crippen LogP) is 7.49. The number of carbonyl (C=O) groups excluding carboxylic acids is 2. The highest BCUT2D eigenvalue weighted by atomic mass is 31.2. The molecule has 2 aliphatic heterocycles. The van der Waals surface area contributed by atoms with Gasteiger partial charge in [0, 0.05) is 44.3 Å². The first kappa shape index (κ1) is 46.7. The Morgan fingerprint density at radius 3 is 2.53 bits per heavy atom. The molecular formula is C45H59F2N6O8P. The molecule has 336 valence electrons. The van der Waals surface area contributed by atoms with Crippen molar-refractivity contribution in [3.8, 4) is 29.9 Å². The summed E-state index contributed by atoms with van der Waals surface area (Å²) in [5, 5.41) is 7.10. The zero-order valence-electron chi connectivity index (χ0n) is 36.9. The standard InChI is InChI=1S/C45H59F2N6O8P/c1-11-34-36(47)16-15-30-19-33(61-62(56,60-28(5)6)51-29(7)42(55)59-27(3)4)21-35(39(30)34)31-20-37-40(57-24-31)41(48-25-45(17-13-14-18-45)53(10)38(54)12-2)50-43(49-37)58-26-44(8)22-32(46)23-52(44)9/h1,12,15-16,19,21,27-29,31-32H,2,13-14,17-18,20,22-26H2,3-10H3,(H,51,56)(H,48,49,50)/t29-,31-,32+,44-,62?/m0/s1. The number of anilines is 1. The van der Waals surface area contributed by atoms with E-state index < -0.39 is 61.0 Å². The van der Waals surface area contributed by atoms with E-state index in [0.717, 1.165) is 25.7 Å². The van der Waals surface area contributed by atoms with Crippen molar-refractivity contribution in [3.05, 3.63) is 59.6 Å². The monoisotopic (exact) mass is 880 g/mol. The Hall–Kier alpha value is -4.81. The molecule has 0 radical (unpaired) electrons. The molecule has 3 heterocycles. The lowest BCUT2D eigenvalue weighted by atomic mass is 9.87. The molecule has 1 aliphatic carbocycles. The molecule has 62 heavy (non-hydrogen) atoms. The van der Waals surface area contributed by atoms with Crippen LogP contribution in [0, 0.1) is 18.2 Å². The third-order valence-corrected chi connectivity index (χ3v) is 13.8. The molecule has 1 saturated carbocycles. The largest absolute Gasteiger partial charge is 0.487 e. The molecule has 3 aliphatic rings. The number of aromatic nitrogens is 2. The van der Waals surface area contributed by atoms with Gasteiger partial charge < -0.3 is 29.0 Å². The van der Waals surface area contributed by atoms with Gasteiger partial charge in [0.05, 0.1) is 41.2 Å². The maximum atomic E-state index is 15.5. The molecule has 0 spiro atoms. The first-order valence-corrected chi connectivity index (χ1v) is 22.7. The van der Waals surface area contributed by atoms with Crippen LogP contribution < -0.4 is 24.4 Å². The molecule has 1 unspecified atom stereocenters. The molecule has 1 saturated heterocycles. The predicted molar refractivity (Wildman–Crippen MR) is 233 cm³/mol. The fourth-order valence-corrected chi connectivity index (χ4v) is 10.3. The van der Waals surface area contributed by atoms with Gasteiger partial charge >= 0.3 is 19.7 Å². The number of nitrogens with one attached hydrogen (secondary N) is 2. The van der Waals surface area contributed by atoms with Crippen molar-refractivity contribution < 1.29 is 46.2 Å². The number of terminal acetylenes is 1. The number of amides is 1. The van der Waals surface area contributed by atoms with Crippen molar-refractivity contribution in [1.82, 2.24) is 24.9 Å². The van der Waals surface area contributed by atoms with E-state index >= 15 is 4.39 Å². The number of likely N-dealkylation sites (N-methyl/N-ethyl adjacent to an activating group) is 2. The maximum absolute atomic E-state index is 15.5. The highest BCUT2D eigenvalue weighted by molar-refractivity contribution is 7.52. The smallest absolute Gasteiger partial charge is 0.459 e. The van der Waals surface area contributed by atoms with E-state index in [1.807, 2.05) is 18.9 Å². The molecule has 2 aromatic carbocycles. The molecule has 0 bridgehead atoms. The van der Waals surface area contributed by atoms with Gasteiger partial charge in [0.25, 0.3) is 0 Å². The van der Waals surface area contributed by atoms with Crippen LogP contribution in [0.1, 0.15) is 96.4 Å². The van der Waals surface area contributed by atoms with Crippen LogP contribution in [0.15, 0.2) is 36.9 Å². The summed E-state index contributed by atoms with van der Waals surface area (Å²) in [5.74, 6) is 1.40. The van der Waals surface area contributed by atoms with Crippen molar-refractivity contribution in [2.24, 2.45) is 0 Å². The number of carbonyl (C=O) groups is 2. The van der Waals surface area contributed by atoms with E-state index in [1.165, 1.54) is 19.1 Å². The Labute approximate surface area is 363 Å². The lowest BCUT2D eigenvalue weighted by molar-refractivity contribution is -0.149. The van der Waals surface area contributed by atoms with Crippen LogP contribution in [0.5, 0.6) is 17.5 Å². The number of hydrogen-bond acceptors (Lipinski definition) is 12. The number of rotatable bonds is 17. The molecule has 1 amide bonds. The summed E-state index contributed by atoms with van der Waals surface area (Å²) in [7, 11) is -0.622. The Kier molecular flexibility index (Phi) is 14.2. The van der Waals surface area contributed by atoms with Gasteiger partial charge in [0.1, 0.15) is 30.4 Å². The molecular weight excluding hydrogens is 821 g/mol. The Bertz CT molecular complexity index is 2260. The lowest BCUT2D eigenvalue weighted by Crippen LogP contribution is -2.51. The van der Waals surface area contributed by atoms with Crippen LogP contribution in [0.25, 0.3) is 10.8 Å². The molecule has 14 nitrogen and oxygen atoms in total. The zero-order chi connectivity index (χ0) is 45.1. The molecule has 2 fully saturated rings. The minimum Gasteiger partial charge on any atom is -0.487 e. The summed E-state index contributed by atoms with van der Waals surface area (Å²) >= 11 is 0. The van der Waals surface area contributed by atoms with Crippen LogP contribution >= 0.6 is 7.75 Å². The van der Waals surface area contributed by atoms with Crippen LogP contribution in [-0.2, 0) is 29.8 Å². The van der Waals surface area contributed by atoms with Gasteiger partial charge in [0.15, 0.2) is 11.6 Å². The summed E-state index contributed by atoms with van der Waals surface area (Å²) in [6.07, 6.45) is 9.21. The van der Waals surface area contributed by atoms with Gasteiger partial charge in [-0.25, -0.2) is 13.3 Å². The number of likely N-dealkylation sites (tertiary alicyclic amines) is 1. The van der Waals surface area contributed by atoms with Gasteiger partial charge in [-0.2, -0.15) is 15.1 Å². The number of nitrogens with zero attached hydrogens (tertiary/aromatic N) is 4. The van der Waals surface area contributed by atoms with Crippen molar-refractivity contribution in [2.75, 3.05) is 45.7 Å². The molecule has 5 atom stereocenters. The van der Waals surface area contributed by atoms with Crippen LogP contribution in [0.3, 0.4) is 0 Å². The maximum Gasteiger partial charge on any atom is 0.459 e. The average molecular weight is 881 g/mol. The first-order chi connectivity index (χ1) is 29.3. The summed E-state index contributed by atoms with van der Waals surface area (Å²) in [6, 6.07) is 4.99. The van der Waals surface area contributed by atoms with E-state index in [1.54, 1.807) is 57.8 Å². The summed E-state index contributed by atoms with van der Waals surface area (Å²) in [6.45, 7) is 14.7. The second-order valence-corrected chi connectivity index (χ2v) is 19.1. The highest BCUT2D eigenvalue weighted by Crippen LogP contribution is 2.49. The Balaban J connectivity index is 1.39. The minimum atomic E-state index is -4.25. The van der Waals surface area contributed by atoms with Crippen LogP contribution in [0.4, 0.5) is 14.6 Å². The summed E-state index contributed by atoms with van der Waals surface area (Å²) in [4.78, 5) is 38.9. The van der Waals surface area contributed by atoms with E-state index in [-0.39, 0.29) is 55.8 Å². The van der Waals surface area contributed by atoms with Crippen molar-refractivity contribution >= 4 is 36.2 Å². The van der Waals surface area contributed by atoms with Crippen molar-refractivity contribution in [2.45, 2.75) is 121 Å². The van der Waals surface area contributed by atoms with E-state index in [9.17, 15) is 18.5 Å². The molecule has 2 N–H and O–H groups in total. The Morgan fingerprint density at radius 1 is 1.18 bits per heavy atom. The normalized spacial score (nSPS) is 22.3. The lowest BCUT2D eigenvalue weighted by Gasteiger charge is -2.39. The summed E-state index contributed by atoms with van der Waals surface area (Å²) in [5.41, 5.74) is -0.0921.